The Bertz CT molecular complexity index is 762. The molecule has 3 saturated heterocycles. The number of carbonyl (C=O) groups is 3. The van der Waals surface area contributed by atoms with Gasteiger partial charge in [0.25, 0.3) is 0 Å². The summed E-state index contributed by atoms with van der Waals surface area (Å²) in [5.41, 5.74) is 1.44. The van der Waals surface area contributed by atoms with Crippen LogP contribution in [0.2, 0.25) is 0 Å². The second-order valence-electron chi connectivity index (χ2n) is 7.69. The lowest BCUT2D eigenvalue weighted by atomic mass is 9.97. The predicted molar refractivity (Wildman–Crippen MR) is 106 cm³/mol. The first-order chi connectivity index (χ1) is 13.6. The van der Waals surface area contributed by atoms with Crippen LogP contribution >= 0.6 is 0 Å². The van der Waals surface area contributed by atoms with Crippen molar-refractivity contribution in [1.82, 2.24) is 15.1 Å². The van der Waals surface area contributed by atoms with E-state index in [4.69, 9.17) is 0 Å². The van der Waals surface area contributed by atoms with Gasteiger partial charge in [-0.25, -0.2) is 9.59 Å². The van der Waals surface area contributed by atoms with Gasteiger partial charge in [-0.2, -0.15) is 0 Å². The molecule has 0 unspecified atom stereocenters. The molecule has 8 heteroatoms. The summed E-state index contributed by atoms with van der Waals surface area (Å²) < 4.78 is 0. The van der Waals surface area contributed by atoms with Crippen molar-refractivity contribution in [3.63, 3.8) is 0 Å². The summed E-state index contributed by atoms with van der Waals surface area (Å²) in [5.74, 6) is -0.277. The van der Waals surface area contributed by atoms with Gasteiger partial charge >= 0.3 is 12.1 Å². The Morgan fingerprint density at radius 3 is 2.57 bits per heavy atom. The average Bonchev–Trinajstić information content (AvgIpc) is 3.39. The Morgan fingerprint density at radius 2 is 1.82 bits per heavy atom. The van der Waals surface area contributed by atoms with Crippen LogP contribution in [0.3, 0.4) is 0 Å². The van der Waals surface area contributed by atoms with Gasteiger partial charge in [-0.3, -0.25) is 9.69 Å². The van der Waals surface area contributed by atoms with Gasteiger partial charge in [0.05, 0.1) is 5.92 Å². The third-order valence-corrected chi connectivity index (χ3v) is 5.72. The van der Waals surface area contributed by atoms with Gasteiger partial charge in [-0.05, 0) is 43.9 Å². The summed E-state index contributed by atoms with van der Waals surface area (Å²) in [5, 5.41) is 5.75. The zero-order chi connectivity index (χ0) is 19.5. The Hall–Kier alpha value is -2.77. The lowest BCUT2D eigenvalue weighted by Crippen LogP contribution is -2.48. The van der Waals surface area contributed by atoms with E-state index in [2.05, 4.69) is 10.6 Å². The monoisotopic (exact) mass is 385 g/mol. The van der Waals surface area contributed by atoms with E-state index in [1.54, 1.807) is 4.90 Å². The molecule has 0 radical (unpaired) electrons. The number of benzene rings is 1. The molecule has 8 nitrogen and oxygen atoms in total. The molecule has 1 aromatic carbocycles. The molecule has 3 fully saturated rings. The Labute approximate surface area is 164 Å². The van der Waals surface area contributed by atoms with Crippen LogP contribution in [0.1, 0.15) is 25.7 Å². The smallest absolute Gasteiger partial charge is 0.321 e. The van der Waals surface area contributed by atoms with Crippen LogP contribution in [0.4, 0.5) is 21.0 Å². The first-order valence-electron chi connectivity index (χ1n) is 10.1. The van der Waals surface area contributed by atoms with Crippen LogP contribution in [0.15, 0.2) is 24.3 Å². The third kappa shape index (κ3) is 3.90. The molecule has 3 aliphatic rings. The number of rotatable bonds is 3. The minimum absolute atomic E-state index is 0.0667. The average molecular weight is 385 g/mol. The molecule has 5 amide bonds. The molecule has 0 aliphatic carbocycles. The van der Waals surface area contributed by atoms with Crippen molar-refractivity contribution in [2.45, 2.75) is 25.7 Å². The number of nitrogens with zero attached hydrogens (tertiary/aromatic N) is 3. The van der Waals surface area contributed by atoms with E-state index in [1.807, 2.05) is 34.1 Å². The second kappa shape index (κ2) is 8.08. The molecule has 1 atom stereocenters. The summed E-state index contributed by atoms with van der Waals surface area (Å²) in [4.78, 5) is 42.7. The van der Waals surface area contributed by atoms with Gasteiger partial charge < -0.3 is 20.4 Å². The number of hydrogen-bond acceptors (Lipinski definition) is 3. The highest BCUT2D eigenvalue weighted by atomic mass is 16.2. The molecule has 150 valence electrons. The standard InChI is InChI=1S/C20H27N5O3/c26-18(15-5-4-11-24(14-15)20(28)23-9-1-2-10-23)22-16-6-3-7-17(13-16)25-12-8-21-19(25)27/h3,6-7,13,15H,1-2,4-5,8-12,14H2,(H,21,27)(H,22,26)/t15-/m0/s1. The van der Waals surface area contributed by atoms with Crippen LogP contribution < -0.4 is 15.5 Å². The fourth-order valence-electron chi connectivity index (χ4n) is 4.19. The first-order valence-corrected chi connectivity index (χ1v) is 10.1. The van der Waals surface area contributed by atoms with E-state index in [0.29, 0.717) is 25.3 Å². The lowest BCUT2D eigenvalue weighted by Gasteiger charge is -2.34. The summed E-state index contributed by atoms with van der Waals surface area (Å²) in [7, 11) is 0. The maximum Gasteiger partial charge on any atom is 0.321 e. The fourth-order valence-corrected chi connectivity index (χ4v) is 4.19. The third-order valence-electron chi connectivity index (χ3n) is 5.72. The van der Waals surface area contributed by atoms with Gasteiger partial charge in [-0.1, -0.05) is 6.07 Å². The summed E-state index contributed by atoms with van der Waals surface area (Å²) in [6.07, 6.45) is 3.75. The van der Waals surface area contributed by atoms with Crippen LogP contribution in [0.5, 0.6) is 0 Å². The molecule has 2 N–H and O–H groups in total. The van der Waals surface area contributed by atoms with Crippen molar-refractivity contribution in [2.24, 2.45) is 5.92 Å². The van der Waals surface area contributed by atoms with E-state index in [0.717, 1.165) is 51.0 Å². The zero-order valence-electron chi connectivity index (χ0n) is 16.0. The molecule has 28 heavy (non-hydrogen) atoms. The number of hydrogen-bond donors (Lipinski definition) is 2. The van der Waals surface area contributed by atoms with E-state index in [1.165, 1.54) is 0 Å². The highest BCUT2D eigenvalue weighted by Crippen LogP contribution is 2.24. The van der Waals surface area contributed by atoms with Crippen molar-refractivity contribution < 1.29 is 14.4 Å². The molecular formula is C20H27N5O3. The molecule has 1 aromatic rings. The van der Waals surface area contributed by atoms with E-state index in [9.17, 15) is 14.4 Å². The molecule has 4 rings (SSSR count). The van der Waals surface area contributed by atoms with Crippen molar-refractivity contribution in [3.8, 4) is 0 Å². The van der Waals surface area contributed by atoms with Crippen LogP contribution in [-0.4, -0.2) is 67.0 Å². The second-order valence-corrected chi connectivity index (χ2v) is 7.69. The van der Waals surface area contributed by atoms with E-state index in [-0.39, 0.29) is 23.9 Å². The first kappa shape index (κ1) is 18.6. The Balaban J connectivity index is 1.38. The Morgan fingerprint density at radius 1 is 1.04 bits per heavy atom. The van der Waals surface area contributed by atoms with Gasteiger partial charge in [0, 0.05) is 50.6 Å². The summed E-state index contributed by atoms with van der Waals surface area (Å²) >= 11 is 0. The van der Waals surface area contributed by atoms with Gasteiger partial charge in [0.1, 0.15) is 0 Å². The number of urea groups is 2. The van der Waals surface area contributed by atoms with Crippen molar-refractivity contribution in [3.05, 3.63) is 24.3 Å². The number of piperidine rings is 1. The topological polar surface area (TPSA) is 85.0 Å². The van der Waals surface area contributed by atoms with Gasteiger partial charge in [-0.15, -0.1) is 0 Å². The largest absolute Gasteiger partial charge is 0.336 e. The van der Waals surface area contributed by atoms with Crippen LogP contribution in [-0.2, 0) is 4.79 Å². The molecule has 0 saturated carbocycles. The van der Waals surface area contributed by atoms with E-state index >= 15 is 0 Å². The predicted octanol–water partition coefficient (Wildman–Crippen LogP) is 2.08. The van der Waals surface area contributed by atoms with Crippen molar-refractivity contribution in [1.29, 1.82) is 0 Å². The quantitative estimate of drug-likeness (QED) is 0.835. The van der Waals surface area contributed by atoms with Gasteiger partial charge in [0.2, 0.25) is 5.91 Å². The maximum atomic E-state index is 12.8. The minimum Gasteiger partial charge on any atom is -0.336 e. The SMILES string of the molecule is O=C(Nc1cccc(N2CCNC2=O)c1)[C@H]1CCCN(C(=O)N2CCCC2)C1. The molecule has 3 heterocycles. The summed E-state index contributed by atoms with van der Waals surface area (Å²) in [6, 6.07) is 7.28. The fraction of sp³-hybridized carbons (Fsp3) is 0.550. The van der Waals surface area contributed by atoms with Crippen LogP contribution in [0.25, 0.3) is 0 Å². The molecule has 0 bridgehead atoms. The normalized spacial score (nSPS) is 22.4. The zero-order valence-corrected chi connectivity index (χ0v) is 16.0. The highest BCUT2D eigenvalue weighted by molar-refractivity contribution is 5.96. The number of nitrogens with one attached hydrogen (secondary N) is 2. The van der Waals surface area contributed by atoms with E-state index < -0.39 is 0 Å². The number of anilines is 2. The maximum absolute atomic E-state index is 12.8. The minimum atomic E-state index is -0.209. The molecule has 3 aliphatic heterocycles. The van der Waals surface area contributed by atoms with Crippen molar-refractivity contribution in [2.75, 3.05) is 49.5 Å². The summed E-state index contributed by atoms with van der Waals surface area (Å²) in [6.45, 7) is 4.07. The van der Waals surface area contributed by atoms with Crippen molar-refractivity contribution >= 4 is 29.3 Å². The molecule has 0 aromatic heterocycles. The molecule has 0 spiro atoms. The number of likely N-dealkylation sites (tertiary alicyclic amines) is 2. The number of carbonyl (C=O) groups excluding carboxylic acids is 3. The Kier molecular flexibility index (Phi) is 5.36. The van der Waals surface area contributed by atoms with Crippen LogP contribution in [0, 0.1) is 5.92 Å². The highest BCUT2D eigenvalue weighted by Gasteiger charge is 2.31. The van der Waals surface area contributed by atoms with Gasteiger partial charge in [0.15, 0.2) is 0 Å². The molecular weight excluding hydrogens is 358 g/mol. The lowest BCUT2D eigenvalue weighted by molar-refractivity contribution is -0.121. The number of amides is 5.